The average molecular weight is 347 g/mol. The SMILES string of the molecule is CC(C)(C)c1ccc2cc(C(=O)N3CCC[C@@H]3c3ccncc3)[nH]c2c1. The van der Waals surface area contributed by atoms with Crippen LogP contribution in [0.1, 0.15) is 61.3 Å². The summed E-state index contributed by atoms with van der Waals surface area (Å²) in [6, 6.07) is 12.6. The maximum atomic E-state index is 13.2. The Morgan fingerprint density at radius 3 is 2.65 bits per heavy atom. The van der Waals surface area contributed by atoms with E-state index in [9.17, 15) is 4.79 Å². The van der Waals surface area contributed by atoms with Gasteiger partial charge in [0, 0.05) is 29.8 Å². The second-order valence-corrected chi connectivity index (χ2v) is 8.17. The molecule has 0 saturated carbocycles. The van der Waals surface area contributed by atoms with Gasteiger partial charge in [0.15, 0.2) is 0 Å². The Bertz CT molecular complexity index is 937. The number of likely N-dealkylation sites (tertiary alicyclic amines) is 1. The summed E-state index contributed by atoms with van der Waals surface area (Å²) in [6.07, 6.45) is 5.64. The van der Waals surface area contributed by atoms with Crippen molar-refractivity contribution in [2.24, 2.45) is 0 Å². The summed E-state index contributed by atoms with van der Waals surface area (Å²) in [7, 11) is 0. The molecule has 4 heteroatoms. The number of hydrogen-bond acceptors (Lipinski definition) is 2. The minimum atomic E-state index is 0.0813. The maximum absolute atomic E-state index is 13.2. The molecule has 26 heavy (non-hydrogen) atoms. The molecule has 0 radical (unpaired) electrons. The summed E-state index contributed by atoms with van der Waals surface area (Å²) in [6.45, 7) is 7.40. The van der Waals surface area contributed by atoms with E-state index in [0.29, 0.717) is 5.69 Å². The molecule has 0 aliphatic carbocycles. The van der Waals surface area contributed by atoms with E-state index >= 15 is 0 Å². The standard InChI is InChI=1S/C22H25N3O/c1-22(2,3)17-7-6-16-13-19(24-18(16)14-17)21(26)25-12-4-5-20(25)15-8-10-23-11-9-15/h6-11,13-14,20,24H,4-5,12H2,1-3H3/t20-/m1/s1. The molecule has 4 rings (SSSR count). The molecule has 3 aromatic rings. The summed E-state index contributed by atoms with van der Waals surface area (Å²) in [5.74, 6) is 0.0813. The van der Waals surface area contributed by atoms with Gasteiger partial charge in [0.25, 0.3) is 5.91 Å². The van der Waals surface area contributed by atoms with Crippen molar-refractivity contribution < 1.29 is 4.79 Å². The Morgan fingerprint density at radius 2 is 1.92 bits per heavy atom. The fourth-order valence-corrected chi connectivity index (χ4v) is 3.81. The maximum Gasteiger partial charge on any atom is 0.270 e. The molecule has 1 aromatic carbocycles. The van der Waals surface area contributed by atoms with Crippen molar-refractivity contribution in [2.75, 3.05) is 6.54 Å². The van der Waals surface area contributed by atoms with Crippen LogP contribution in [0.5, 0.6) is 0 Å². The first-order valence-corrected chi connectivity index (χ1v) is 9.27. The van der Waals surface area contributed by atoms with Gasteiger partial charge in [-0.15, -0.1) is 0 Å². The molecule has 2 aromatic heterocycles. The van der Waals surface area contributed by atoms with Crippen molar-refractivity contribution >= 4 is 16.8 Å². The molecule has 1 saturated heterocycles. The van der Waals surface area contributed by atoms with Crippen LogP contribution >= 0.6 is 0 Å². The Balaban J connectivity index is 1.65. The highest BCUT2D eigenvalue weighted by atomic mass is 16.2. The molecule has 1 aliphatic rings. The van der Waals surface area contributed by atoms with Crippen LogP contribution < -0.4 is 0 Å². The highest BCUT2D eigenvalue weighted by molar-refractivity contribution is 5.98. The lowest BCUT2D eigenvalue weighted by molar-refractivity contribution is 0.0730. The summed E-state index contributed by atoms with van der Waals surface area (Å²) in [5.41, 5.74) is 4.22. The van der Waals surface area contributed by atoms with Crippen molar-refractivity contribution in [3.63, 3.8) is 0 Å². The van der Waals surface area contributed by atoms with Crippen LogP contribution in [0.3, 0.4) is 0 Å². The lowest BCUT2D eigenvalue weighted by Crippen LogP contribution is -2.30. The molecule has 0 bridgehead atoms. The van der Waals surface area contributed by atoms with E-state index in [1.807, 2.05) is 23.1 Å². The second-order valence-electron chi connectivity index (χ2n) is 8.17. The van der Waals surface area contributed by atoms with Crippen molar-refractivity contribution in [1.82, 2.24) is 14.9 Å². The largest absolute Gasteiger partial charge is 0.351 e. The van der Waals surface area contributed by atoms with E-state index < -0.39 is 0 Å². The zero-order chi connectivity index (χ0) is 18.3. The first-order valence-electron chi connectivity index (χ1n) is 9.27. The number of nitrogens with one attached hydrogen (secondary N) is 1. The Morgan fingerprint density at radius 1 is 1.15 bits per heavy atom. The Hall–Kier alpha value is -2.62. The number of carbonyl (C=O) groups is 1. The van der Waals surface area contributed by atoms with E-state index in [4.69, 9.17) is 0 Å². The van der Waals surface area contributed by atoms with Gasteiger partial charge in [0.2, 0.25) is 0 Å². The number of hydrogen-bond donors (Lipinski definition) is 1. The molecule has 1 aliphatic heterocycles. The van der Waals surface area contributed by atoms with E-state index in [0.717, 1.165) is 35.9 Å². The van der Waals surface area contributed by atoms with Gasteiger partial charge in [-0.05, 0) is 53.6 Å². The van der Waals surface area contributed by atoms with Crippen molar-refractivity contribution in [3.8, 4) is 0 Å². The van der Waals surface area contributed by atoms with E-state index in [-0.39, 0.29) is 17.4 Å². The van der Waals surface area contributed by atoms with Gasteiger partial charge in [-0.1, -0.05) is 32.9 Å². The highest BCUT2D eigenvalue weighted by Gasteiger charge is 2.31. The van der Waals surface area contributed by atoms with E-state index in [1.54, 1.807) is 12.4 Å². The highest BCUT2D eigenvalue weighted by Crippen LogP contribution is 2.33. The quantitative estimate of drug-likeness (QED) is 0.721. The predicted octanol–water partition coefficient (Wildman–Crippen LogP) is 4.84. The normalized spacial score (nSPS) is 17.8. The Kier molecular flexibility index (Phi) is 4.06. The summed E-state index contributed by atoms with van der Waals surface area (Å²) in [4.78, 5) is 22.6. The second kappa shape index (κ2) is 6.27. The van der Waals surface area contributed by atoms with E-state index in [1.165, 1.54) is 5.56 Å². The van der Waals surface area contributed by atoms with E-state index in [2.05, 4.69) is 48.9 Å². The van der Waals surface area contributed by atoms with Crippen LogP contribution in [0, 0.1) is 0 Å². The number of H-pyrrole nitrogens is 1. The van der Waals surface area contributed by atoms with Crippen LogP contribution in [-0.4, -0.2) is 27.3 Å². The molecule has 0 unspecified atom stereocenters. The molecule has 1 N–H and O–H groups in total. The van der Waals surface area contributed by atoms with Crippen molar-refractivity contribution in [3.05, 3.63) is 65.6 Å². The molecule has 4 nitrogen and oxygen atoms in total. The van der Waals surface area contributed by atoms with Gasteiger partial charge in [-0.3, -0.25) is 9.78 Å². The van der Waals surface area contributed by atoms with Crippen molar-refractivity contribution in [2.45, 2.75) is 45.1 Å². The van der Waals surface area contributed by atoms with Crippen LogP contribution in [-0.2, 0) is 5.41 Å². The molecule has 1 atom stereocenters. The minimum absolute atomic E-state index is 0.0813. The first kappa shape index (κ1) is 16.8. The lowest BCUT2D eigenvalue weighted by atomic mass is 9.87. The Labute approximate surface area is 154 Å². The van der Waals surface area contributed by atoms with Crippen molar-refractivity contribution in [1.29, 1.82) is 0 Å². The number of amides is 1. The average Bonchev–Trinajstić information content (AvgIpc) is 3.27. The predicted molar refractivity (Wildman–Crippen MR) is 104 cm³/mol. The third kappa shape index (κ3) is 3.00. The molecule has 1 amide bonds. The fraction of sp³-hybridized carbons (Fsp3) is 0.364. The van der Waals surface area contributed by atoms with Gasteiger partial charge in [-0.2, -0.15) is 0 Å². The van der Waals surface area contributed by atoms with Gasteiger partial charge in [0.05, 0.1) is 6.04 Å². The van der Waals surface area contributed by atoms with Gasteiger partial charge in [0.1, 0.15) is 5.69 Å². The zero-order valence-electron chi connectivity index (χ0n) is 15.6. The number of benzene rings is 1. The number of aromatic nitrogens is 2. The number of aromatic amines is 1. The van der Waals surface area contributed by atoms with Crippen LogP contribution in [0.4, 0.5) is 0 Å². The third-order valence-electron chi connectivity index (χ3n) is 5.32. The van der Waals surface area contributed by atoms with Crippen LogP contribution in [0.2, 0.25) is 0 Å². The molecule has 134 valence electrons. The smallest absolute Gasteiger partial charge is 0.270 e. The molecule has 0 spiro atoms. The molecular formula is C22H25N3O. The molecular weight excluding hydrogens is 322 g/mol. The molecule has 3 heterocycles. The topological polar surface area (TPSA) is 49.0 Å². The summed E-state index contributed by atoms with van der Waals surface area (Å²) in [5, 5.41) is 1.08. The minimum Gasteiger partial charge on any atom is -0.351 e. The number of carbonyl (C=O) groups excluding carboxylic acids is 1. The number of nitrogens with zero attached hydrogens (tertiary/aromatic N) is 2. The summed E-state index contributed by atoms with van der Waals surface area (Å²) >= 11 is 0. The van der Waals surface area contributed by atoms with Crippen LogP contribution in [0.15, 0.2) is 48.8 Å². The number of rotatable bonds is 2. The summed E-state index contributed by atoms with van der Waals surface area (Å²) < 4.78 is 0. The van der Waals surface area contributed by atoms with Gasteiger partial charge >= 0.3 is 0 Å². The zero-order valence-corrected chi connectivity index (χ0v) is 15.6. The lowest BCUT2D eigenvalue weighted by Gasteiger charge is -2.24. The monoisotopic (exact) mass is 347 g/mol. The number of pyridine rings is 1. The first-order chi connectivity index (χ1) is 12.4. The number of fused-ring (bicyclic) bond motifs is 1. The third-order valence-corrected chi connectivity index (χ3v) is 5.32. The van der Waals surface area contributed by atoms with Gasteiger partial charge < -0.3 is 9.88 Å². The molecule has 1 fully saturated rings. The van der Waals surface area contributed by atoms with Gasteiger partial charge in [-0.25, -0.2) is 0 Å². The fourth-order valence-electron chi connectivity index (χ4n) is 3.81. The van der Waals surface area contributed by atoms with Crippen LogP contribution in [0.25, 0.3) is 10.9 Å².